The first-order chi connectivity index (χ1) is 14.3. The van der Waals surface area contributed by atoms with Crippen LogP contribution in [0.1, 0.15) is 51.6 Å². The molecule has 7 nitrogen and oxygen atoms in total. The van der Waals surface area contributed by atoms with Crippen LogP contribution in [0.3, 0.4) is 0 Å². The zero-order valence-electron chi connectivity index (χ0n) is 18.0. The molecule has 0 aliphatic rings. The Morgan fingerprint density at radius 1 is 1.39 bits per heavy atom. The number of aliphatic imine (C=N–C) groups is 1. The normalized spacial score (nSPS) is 12.4. The van der Waals surface area contributed by atoms with Crippen LogP contribution in [-0.4, -0.2) is 30.6 Å². The summed E-state index contributed by atoms with van der Waals surface area (Å²) >= 11 is 1.30. The van der Waals surface area contributed by atoms with Crippen LogP contribution in [-0.2, 0) is 11.3 Å². The van der Waals surface area contributed by atoms with E-state index in [2.05, 4.69) is 20.6 Å². The van der Waals surface area contributed by atoms with Crippen molar-refractivity contribution in [1.82, 2.24) is 15.6 Å². The van der Waals surface area contributed by atoms with E-state index in [1.165, 1.54) is 23.5 Å². The lowest BCUT2D eigenvalue weighted by Gasteiger charge is -2.15. The van der Waals surface area contributed by atoms with Gasteiger partial charge in [0.15, 0.2) is 5.96 Å². The van der Waals surface area contributed by atoms with Crippen molar-refractivity contribution >= 4 is 58.2 Å². The quantitative estimate of drug-likeness (QED) is 0.194. The summed E-state index contributed by atoms with van der Waals surface area (Å²) in [4.78, 5) is 21.3. The van der Waals surface area contributed by atoms with Crippen LogP contribution in [0.15, 0.2) is 27.6 Å². The molecule has 0 amide bonds. The lowest BCUT2D eigenvalue weighted by atomic mass is 10.1. The molecule has 2 aromatic heterocycles. The summed E-state index contributed by atoms with van der Waals surface area (Å²) in [6, 6.07) is 4.31. The van der Waals surface area contributed by atoms with E-state index in [-0.39, 0.29) is 41.8 Å². The molecule has 1 aromatic carbocycles. The number of benzene rings is 1. The number of hydrogen-bond donors (Lipinski definition) is 2. The fourth-order valence-corrected chi connectivity index (χ4v) is 3.99. The third-order valence-corrected chi connectivity index (χ3v) is 5.95. The number of aryl methyl sites for hydroxylation is 2. The molecule has 1 atom stereocenters. The molecule has 0 spiro atoms. The topological polar surface area (TPSA) is 88.8 Å². The Hall–Kier alpha value is -2.21. The molecule has 0 bridgehead atoms. The van der Waals surface area contributed by atoms with Gasteiger partial charge in [0.2, 0.25) is 0 Å². The molecule has 2 heterocycles. The largest absolute Gasteiger partial charge is 0.462 e. The highest BCUT2D eigenvalue weighted by atomic mass is 127. The number of rotatable bonds is 6. The van der Waals surface area contributed by atoms with Gasteiger partial charge >= 0.3 is 5.97 Å². The van der Waals surface area contributed by atoms with E-state index in [0.717, 1.165) is 16.0 Å². The Labute approximate surface area is 201 Å². The van der Waals surface area contributed by atoms with Gasteiger partial charge in [0.25, 0.3) is 0 Å². The molecule has 1 unspecified atom stereocenters. The van der Waals surface area contributed by atoms with Crippen LogP contribution < -0.4 is 10.6 Å². The maximum absolute atomic E-state index is 13.5. The fraction of sp³-hybridized carbons (Fsp3) is 0.381. The third kappa shape index (κ3) is 5.73. The van der Waals surface area contributed by atoms with Crippen LogP contribution in [0.5, 0.6) is 0 Å². The van der Waals surface area contributed by atoms with Crippen LogP contribution in [0.4, 0.5) is 4.39 Å². The number of hydrogen-bond acceptors (Lipinski definition) is 6. The molecule has 2 N–H and O–H groups in total. The van der Waals surface area contributed by atoms with E-state index in [9.17, 15) is 9.18 Å². The molecule has 0 aliphatic heterocycles. The number of esters is 1. The van der Waals surface area contributed by atoms with Crippen molar-refractivity contribution in [2.24, 2.45) is 4.99 Å². The second kappa shape index (κ2) is 10.9. The maximum Gasteiger partial charge on any atom is 0.350 e. The average Bonchev–Trinajstić information content (AvgIpc) is 3.25. The van der Waals surface area contributed by atoms with Crippen LogP contribution in [0.25, 0.3) is 11.0 Å². The number of furan rings is 1. The number of nitrogens with one attached hydrogen (secondary N) is 2. The number of guanidine groups is 1. The Morgan fingerprint density at radius 3 is 2.81 bits per heavy atom. The molecule has 0 saturated carbocycles. The summed E-state index contributed by atoms with van der Waals surface area (Å²) in [6.45, 7) is 8.11. The maximum atomic E-state index is 13.5. The first-order valence-electron chi connectivity index (χ1n) is 9.63. The van der Waals surface area contributed by atoms with E-state index >= 15 is 0 Å². The lowest BCUT2D eigenvalue weighted by Crippen LogP contribution is -2.38. The summed E-state index contributed by atoms with van der Waals surface area (Å²) < 4.78 is 24.4. The van der Waals surface area contributed by atoms with Crippen molar-refractivity contribution in [2.45, 2.75) is 40.3 Å². The van der Waals surface area contributed by atoms with E-state index in [1.54, 1.807) is 27.0 Å². The fourth-order valence-electron chi connectivity index (χ4n) is 3.03. The van der Waals surface area contributed by atoms with Gasteiger partial charge in [-0.05, 0) is 45.9 Å². The van der Waals surface area contributed by atoms with Crippen LogP contribution in [0, 0.1) is 19.7 Å². The number of aromatic nitrogens is 1. The van der Waals surface area contributed by atoms with E-state index in [4.69, 9.17) is 9.15 Å². The SMILES string of the molecule is CCOC(=O)c1sc(C(C)NC(=NC)NCc2oc3ccc(F)cc3c2C)nc1C.I. The number of fused-ring (bicyclic) bond motifs is 1. The molecule has 10 heteroatoms. The predicted octanol–water partition coefficient (Wildman–Crippen LogP) is 4.87. The summed E-state index contributed by atoms with van der Waals surface area (Å²) in [5.41, 5.74) is 2.18. The average molecular weight is 560 g/mol. The van der Waals surface area contributed by atoms with Gasteiger partial charge in [0.1, 0.15) is 27.0 Å². The second-order valence-electron chi connectivity index (χ2n) is 6.77. The van der Waals surface area contributed by atoms with Gasteiger partial charge in [0.05, 0.1) is 24.9 Å². The van der Waals surface area contributed by atoms with E-state index < -0.39 is 0 Å². The van der Waals surface area contributed by atoms with Crippen molar-refractivity contribution < 1.29 is 18.3 Å². The van der Waals surface area contributed by atoms with Crippen molar-refractivity contribution in [2.75, 3.05) is 13.7 Å². The molecule has 3 aromatic rings. The minimum absolute atomic E-state index is 0. The molecule has 0 aliphatic carbocycles. The highest BCUT2D eigenvalue weighted by Crippen LogP contribution is 2.26. The Kier molecular flexibility index (Phi) is 8.80. The van der Waals surface area contributed by atoms with Gasteiger partial charge in [-0.3, -0.25) is 4.99 Å². The monoisotopic (exact) mass is 560 g/mol. The first-order valence-corrected chi connectivity index (χ1v) is 10.4. The molecule has 0 saturated heterocycles. The van der Waals surface area contributed by atoms with Crippen molar-refractivity contribution in [3.05, 3.63) is 50.9 Å². The zero-order chi connectivity index (χ0) is 21.8. The molecular formula is C21H26FIN4O3S. The number of carbonyl (C=O) groups is 1. The molecule has 168 valence electrons. The number of nitrogens with zero attached hydrogens (tertiary/aromatic N) is 2. The molecule has 0 radical (unpaired) electrons. The Bertz CT molecular complexity index is 1100. The minimum atomic E-state index is -0.356. The van der Waals surface area contributed by atoms with Gasteiger partial charge in [0, 0.05) is 18.0 Å². The smallest absolute Gasteiger partial charge is 0.350 e. The van der Waals surface area contributed by atoms with Gasteiger partial charge in [-0.25, -0.2) is 14.2 Å². The Balaban J connectivity index is 0.00000341. The van der Waals surface area contributed by atoms with Crippen molar-refractivity contribution in [3.63, 3.8) is 0 Å². The molecule has 3 rings (SSSR count). The van der Waals surface area contributed by atoms with Crippen molar-refractivity contribution in [3.8, 4) is 0 Å². The number of ether oxygens (including phenoxy) is 1. The highest BCUT2D eigenvalue weighted by Gasteiger charge is 2.20. The Morgan fingerprint density at radius 2 is 2.13 bits per heavy atom. The number of thiazole rings is 1. The molecular weight excluding hydrogens is 534 g/mol. The number of halogens is 2. The van der Waals surface area contributed by atoms with Gasteiger partial charge < -0.3 is 19.8 Å². The van der Waals surface area contributed by atoms with Crippen molar-refractivity contribution in [1.29, 1.82) is 0 Å². The third-order valence-electron chi connectivity index (χ3n) is 4.63. The number of carbonyl (C=O) groups excluding carboxylic acids is 1. The van der Waals surface area contributed by atoms with Crippen LogP contribution in [0.2, 0.25) is 0 Å². The summed E-state index contributed by atoms with van der Waals surface area (Å²) in [7, 11) is 1.67. The lowest BCUT2D eigenvalue weighted by molar-refractivity contribution is 0.0531. The predicted molar refractivity (Wildman–Crippen MR) is 131 cm³/mol. The molecule has 31 heavy (non-hydrogen) atoms. The van der Waals surface area contributed by atoms with Gasteiger partial charge in [-0.1, -0.05) is 0 Å². The van der Waals surface area contributed by atoms with E-state index in [1.807, 2.05) is 13.8 Å². The minimum Gasteiger partial charge on any atom is -0.462 e. The zero-order valence-corrected chi connectivity index (χ0v) is 21.2. The van der Waals surface area contributed by atoms with E-state index in [0.29, 0.717) is 41.0 Å². The first kappa shape index (κ1) is 25.1. The summed E-state index contributed by atoms with van der Waals surface area (Å²) in [5, 5.41) is 7.98. The van der Waals surface area contributed by atoms with Gasteiger partial charge in [-0.2, -0.15) is 0 Å². The summed E-state index contributed by atoms with van der Waals surface area (Å²) in [6.07, 6.45) is 0. The highest BCUT2D eigenvalue weighted by molar-refractivity contribution is 14.0. The van der Waals surface area contributed by atoms with Gasteiger partial charge in [-0.15, -0.1) is 35.3 Å². The second-order valence-corrected chi connectivity index (χ2v) is 7.80. The summed E-state index contributed by atoms with van der Waals surface area (Å²) in [5.74, 6) is 0.614. The van der Waals surface area contributed by atoms with Crippen LogP contribution >= 0.6 is 35.3 Å². The standard InChI is InChI=1S/C21H25FN4O3S.HI/c1-6-28-20(27)18-12(3)25-19(30-18)13(4)26-21(23-5)24-10-17-11(2)15-9-14(22)7-8-16(15)29-17;/h7-9,13H,6,10H2,1-5H3,(H2,23,24,26);1H. The molecule has 0 fully saturated rings.